The first-order valence-corrected chi connectivity index (χ1v) is 9.84. The Hall–Kier alpha value is -1.60. The average Bonchev–Trinajstić information content (AvgIpc) is 2.52. The number of amidine groups is 1. The van der Waals surface area contributed by atoms with Gasteiger partial charge in [0, 0.05) is 17.7 Å². The quantitative estimate of drug-likeness (QED) is 0.777. The summed E-state index contributed by atoms with van der Waals surface area (Å²) in [7, 11) is 0. The maximum atomic E-state index is 14.6. The number of halogens is 1. The van der Waals surface area contributed by atoms with Gasteiger partial charge in [0.05, 0.1) is 11.6 Å². The van der Waals surface area contributed by atoms with Crippen molar-refractivity contribution in [1.82, 2.24) is 5.32 Å². The molecule has 26 heavy (non-hydrogen) atoms. The predicted molar refractivity (Wildman–Crippen MR) is 101 cm³/mol. The van der Waals surface area contributed by atoms with E-state index < -0.39 is 23.3 Å². The van der Waals surface area contributed by atoms with Crippen LogP contribution in [0.4, 0.5) is 9.18 Å². The van der Waals surface area contributed by atoms with Crippen molar-refractivity contribution in [2.45, 2.75) is 57.3 Å². The van der Waals surface area contributed by atoms with Crippen LogP contribution < -0.4 is 5.32 Å². The predicted octanol–water partition coefficient (Wildman–Crippen LogP) is 3.81. The molecule has 0 radical (unpaired) electrons. The summed E-state index contributed by atoms with van der Waals surface area (Å²) in [5, 5.41) is 13.4. The lowest BCUT2D eigenvalue weighted by molar-refractivity contribution is 0.0538. The first-order chi connectivity index (χ1) is 12.2. The highest BCUT2D eigenvalue weighted by Crippen LogP contribution is 2.49. The van der Waals surface area contributed by atoms with Gasteiger partial charge in [0.25, 0.3) is 0 Å². The number of ether oxygens (including phenoxy) is 1. The normalized spacial score (nSPS) is 28.7. The highest BCUT2D eigenvalue weighted by Gasteiger charge is 2.49. The molecule has 0 spiro atoms. The second-order valence-electron chi connectivity index (χ2n) is 7.89. The fourth-order valence-electron chi connectivity index (χ4n) is 3.67. The van der Waals surface area contributed by atoms with Gasteiger partial charge in [0.2, 0.25) is 0 Å². The van der Waals surface area contributed by atoms with Crippen molar-refractivity contribution >= 4 is 23.0 Å². The number of carbonyl (C=O) groups is 1. The van der Waals surface area contributed by atoms with Crippen LogP contribution in [0.5, 0.6) is 0 Å². The zero-order valence-electron chi connectivity index (χ0n) is 15.3. The van der Waals surface area contributed by atoms with Crippen LogP contribution in [-0.2, 0) is 10.3 Å². The van der Waals surface area contributed by atoms with Gasteiger partial charge in [-0.1, -0.05) is 30.0 Å². The number of carbonyl (C=O) groups excluding carboxylic acids is 1. The first-order valence-electron chi connectivity index (χ1n) is 8.85. The Balaban J connectivity index is 1.95. The fraction of sp³-hybridized carbons (Fsp3) is 0.579. The largest absolute Gasteiger partial charge is 0.444 e. The van der Waals surface area contributed by atoms with Crippen LogP contribution in [0, 0.1) is 11.7 Å². The molecule has 5 nitrogen and oxygen atoms in total. The summed E-state index contributed by atoms with van der Waals surface area (Å²) in [5.41, 5.74) is -0.998. The molecule has 1 aromatic rings. The molecule has 2 N–H and O–H groups in total. The van der Waals surface area contributed by atoms with E-state index >= 15 is 0 Å². The molecule has 3 unspecified atom stereocenters. The van der Waals surface area contributed by atoms with E-state index in [1.807, 2.05) is 0 Å². The molecule has 1 fully saturated rings. The summed E-state index contributed by atoms with van der Waals surface area (Å²) < 4.78 is 19.9. The van der Waals surface area contributed by atoms with E-state index in [1.165, 1.54) is 17.8 Å². The van der Waals surface area contributed by atoms with Crippen molar-refractivity contribution < 1.29 is 19.0 Å². The number of aliphatic hydroxyl groups excluding tert-OH is 1. The van der Waals surface area contributed by atoms with Gasteiger partial charge in [-0.05, 0) is 45.6 Å². The van der Waals surface area contributed by atoms with Crippen LogP contribution in [0.2, 0.25) is 0 Å². The molecule has 0 aromatic heterocycles. The monoisotopic (exact) mass is 380 g/mol. The summed E-state index contributed by atoms with van der Waals surface area (Å²) in [6.07, 6.45) is 0.679. The third kappa shape index (κ3) is 4.04. The maximum absolute atomic E-state index is 14.6. The Morgan fingerprint density at radius 3 is 2.81 bits per heavy atom. The van der Waals surface area contributed by atoms with Crippen LogP contribution in [-0.4, -0.2) is 33.8 Å². The molecule has 1 saturated carbocycles. The Labute approximate surface area is 157 Å². The number of hydrogen-bond donors (Lipinski definition) is 2. The number of fused-ring (bicyclic) bond motifs is 1. The van der Waals surface area contributed by atoms with Crippen molar-refractivity contribution in [2.24, 2.45) is 10.9 Å². The van der Waals surface area contributed by atoms with E-state index in [4.69, 9.17) is 9.73 Å². The average molecular weight is 380 g/mol. The molecule has 0 saturated heterocycles. The standard InChI is InChI=1S/C19H25FN2O3S/c1-18(2,3)25-17(24)21-16-22-19(14-6-4-5-7-15(14)20)10-13(23)9-8-12(19)11-26-16/h4-7,12-13,23H,8-11H2,1-3H3,(H,21,22,24). The maximum Gasteiger partial charge on any atom is 0.413 e. The van der Waals surface area contributed by atoms with Crippen LogP contribution in [0.15, 0.2) is 29.3 Å². The molecule has 7 heteroatoms. The van der Waals surface area contributed by atoms with Gasteiger partial charge in [-0.15, -0.1) is 0 Å². The van der Waals surface area contributed by atoms with Gasteiger partial charge in [0.15, 0.2) is 5.17 Å². The Kier molecular flexibility index (Phi) is 5.30. The van der Waals surface area contributed by atoms with Crippen LogP contribution in [0.3, 0.4) is 0 Å². The Morgan fingerprint density at radius 1 is 1.38 bits per heavy atom. The second-order valence-corrected chi connectivity index (χ2v) is 8.90. The van der Waals surface area contributed by atoms with E-state index in [9.17, 15) is 14.3 Å². The molecule has 1 aromatic carbocycles. The van der Waals surface area contributed by atoms with Crippen molar-refractivity contribution in [3.8, 4) is 0 Å². The Morgan fingerprint density at radius 2 is 2.12 bits per heavy atom. The van der Waals surface area contributed by atoms with Crippen molar-refractivity contribution in [2.75, 3.05) is 5.75 Å². The van der Waals surface area contributed by atoms with Crippen LogP contribution >= 0.6 is 11.8 Å². The summed E-state index contributed by atoms with van der Waals surface area (Å²) in [6.45, 7) is 5.37. The zero-order chi connectivity index (χ0) is 18.9. The van der Waals surface area contributed by atoms with E-state index in [2.05, 4.69) is 5.32 Å². The fourth-order valence-corrected chi connectivity index (χ4v) is 4.85. The van der Waals surface area contributed by atoms with E-state index in [0.717, 1.165) is 6.42 Å². The molecular weight excluding hydrogens is 355 g/mol. The number of benzene rings is 1. The zero-order valence-corrected chi connectivity index (χ0v) is 16.1. The third-order valence-corrected chi connectivity index (χ3v) is 5.78. The van der Waals surface area contributed by atoms with E-state index in [-0.39, 0.29) is 11.7 Å². The molecule has 2 aliphatic rings. The van der Waals surface area contributed by atoms with Crippen molar-refractivity contribution in [3.63, 3.8) is 0 Å². The number of nitrogens with one attached hydrogen (secondary N) is 1. The van der Waals surface area contributed by atoms with E-state index in [1.54, 1.807) is 39.0 Å². The number of rotatable bonds is 1. The van der Waals surface area contributed by atoms with Gasteiger partial charge >= 0.3 is 6.09 Å². The molecule has 3 rings (SSSR count). The topological polar surface area (TPSA) is 70.9 Å². The lowest BCUT2D eigenvalue weighted by Crippen LogP contribution is -2.48. The lowest BCUT2D eigenvalue weighted by atomic mass is 9.68. The summed E-state index contributed by atoms with van der Waals surface area (Å²) in [4.78, 5) is 16.9. The number of amides is 1. The molecule has 3 atom stereocenters. The second kappa shape index (κ2) is 7.19. The van der Waals surface area contributed by atoms with E-state index in [0.29, 0.717) is 29.3 Å². The van der Waals surface area contributed by atoms with Crippen molar-refractivity contribution in [3.05, 3.63) is 35.6 Å². The highest BCUT2D eigenvalue weighted by molar-refractivity contribution is 8.13. The minimum atomic E-state index is -0.862. The summed E-state index contributed by atoms with van der Waals surface area (Å²) in [5.74, 6) is 0.478. The first kappa shape index (κ1) is 19.2. The number of aliphatic imine (C=N–C) groups is 1. The molecule has 1 heterocycles. The van der Waals surface area contributed by atoms with Crippen LogP contribution in [0.25, 0.3) is 0 Å². The number of aliphatic hydroxyl groups is 1. The SMILES string of the molecule is CC(C)(C)OC(=O)NC1=NC2(c3ccccc3F)CC(O)CCC2CS1. The summed E-state index contributed by atoms with van der Waals surface area (Å²) >= 11 is 1.44. The Bertz CT molecular complexity index is 719. The van der Waals surface area contributed by atoms with Crippen molar-refractivity contribution in [1.29, 1.82) is 0 Å². The number of hydrogen-bond acceptors (Lipinski definition) is 5. The third-order valence-electron chi connectivity index (χ3n) is 4.74. The molecule has 0 bridgehead atoms. The molecule has 1 aliphatic heterocycles. The van der Waals surface area contributed by atoms with Gasteiger partial charge in [-0.3, -0.25) is 10.3 Å². The van der Waals surface area contributed by atoms with Gasteiger partial charge in [0.1, 0.15) is 11.4 Å². The summed E-state index contributed by atoms with van der Waals surface area (Å²) in [6, 6.07) is 6.57. The van der Waals surface area contributed by atoms with Crippen LogP contribution in [0.1, 0.15) is 45.6 Å². The molecule has 1 aliphatic carbocycles. The highest BCUT2D eigenvalue weighted by atomic mass is 32.2. The van der Waals surface area contributed by atoms with Gasteiger partial charge in [-0.2, -0.15) is 0 Å². The molecular formula is C19H25FN2O3S. The number of nitrogens with zero attached hydrogens (tertiary/aromatic N) is 1. The molecule has 1 amide bonds. The van der Waals surface area contributed by atoms with Gasteiger partial charge < -0.3 is 9.84 Å². The molecule has 142 valence electrons. The lowest BCUT2D eigenvalue weighted by Gasteiger charge is -2.46. The minimum absolute atomic E-state index is 0.108. The minimum Gasteiger partial charge on any atom is -0.444 e. The van der Waals surface area contributed by atoms with Gasteiger partial charge in [-0.25, -0.2) is 9.18 Å². The number of thioether (sulfide) groups is 1. The number of alkyl carbamates (subject to hydrolysis) is 1. The smallest absolute Gasteiger partial charge is 0.413 e.